The van der Waals surface area contributed by atoms with Gasteiger partial charge in [0.2, 0.25) is 5.91 Å². The number of amides is 1. The van der Waals surface area contributed by atoms with Crippen molar-refractivity contribution in [3.8, 4) is 0 Å². The van der Waals surface area contributed by atoms with E-state index in [0.29, 0.717) is 6.42 Å². The van der Waals surface area contributed by atoms with E-state index in [1.807, 2.05) is 18.2 Å². The zero-order chi connectivity index (χ0) is 13.2. The molecule has 0 saturated heterocycles. The lowest BCUT2D eigenvalue weighted by Gasteiger charge is -2.16. The normalized spacial score (nSPS) is 14.5. The van der Waals surface area contributed by atoms with E-state index in [4.69, 9.17) is 0 Å². The highest BCUT2D eigenvalue weighted by atomic mass is 32.1. The van der Waals surface area contributed by atoms with Crippen LogP contribution in [0, 0.1) is 0 Å². The number of hydrogen-bond acceptors (Lipinski definition) is 2. The number of aryl methyl sites for hydroxylation is 1. The minimum Gasteiger partial charge on any atom is -0.326 e. The number of fused-ring (bicyclic) bond motifs is 3. The maximum Gasteiger partial charge on any atom is 0.224 e. The fourth-order valence-electron chi connectivity index (χ4n) is 2.32. The predicted molar refractivity (Wildman–Crippen MR) is 79.9 cm³/mol. The molecule has 1 heterocycles. The maximum absolute atomic E-state index is 11.0. The average molecular weight is 269 g/mol. The Morgan fingerprint density at radius 3 is 2.32 bits per heavy atom. The van der Waals surface area contributed by atoms with Crippen molar-refractivity contribution in [2.24, 2.45) is 0 Å². The number of nitrogens with one attached hydrogen (secondary N) is 1. The highest BCUT2D eigenvalue weighted by molar-refractivity contribution is 7.80. The number of thiol groups is 1. The average Bonchev–Trinajstić information content (AvgIpc) is 2.40. The summed E-state index contributed by atoms with van der Waals surface area (Å²) in [5, 5.41) is 2.81. The second-order valence-electron chi connectivity index (χ2n) is 4.89. The van der Waals surface area contributed by atoms with Gasteiger partial charge in [0.1, 0.15) is 0 Å². The van der Waals surface area contributed by atoms with E-state index in [-0.39, 0.29) is 5.91 Å². The lowest BCUT2D eigenvalue weighted by Crippen LogP contribution is -2.18. The zero-order valence-corrected chi connectivity index (χ0v) is 11.4. The topological polar surface area (TPSA) is 29.1 Å². The van der Waals surface area contributed by atoms with Crippen molar-refractivity contribution in [1.82, 2.24) is 0 Å². The molecule has 2 aliphatic carbocycles. The van der Waals surface area contributed by atoms with Crippen LogP contribution in [0.5, 0.6) is 0 Å². The second kappa shape index (κ2) is 5.10. The fourth-order valence-corrected chi connectivity index (χ4v) is 2.55. The summed E-state index contributed by atoms with van der Waals surface area (Å²) in [6, 6.07) is 14.4. The van der Waals surface area contributed by atoms with Gasteiger partial charge in [-0.1, -0.05) is 24.3 Å². The first-order valence-electron chi connectivity index (χ1n) is 6.40. The van der Waals surface area contributed by atoms with Crippen molar-refractivity contribution in [1.29, 1.82) is 0 Å². The van der Waals surface area contributed by atoms with Gasteiger partial charge in [0.05, 0.1) is 0 Å². The number of rotatable bonds is 0. The molecule has 0 atom stereocenters. The molecule has 2 bridgehead atoms. The molecule has 0 aromatic heterocycles. The van der Waals surface area contributed by atoms with Crippen molar-refractivity contribution < 1.29 is 4.79 Å². The first-order chi connectivity index (χ1) is 9.20. The number of carbonyl (C=O) groups excluding carboxylic acids is 1. The van der Waals surface area contributed by atoms with E-state index >= 15 is 0 Å². The molecule has 0 radical (unpaired) electrons. The van der Waals surface area contributed by atoms with Gasteiger partial charge in [-0.3, -0.25) is 4.79 Å². The molecule has 0 saturated carbocycles. The Morgan fingerprint density at radius 2 is 1.74 bits per heavy atom. The molecule has 0 spiro atoms. The molecule has 0 fully saturated rings. The van der Waals surface area contributed by atoms with Crippen LogP contribution in [0.2, 0.25) is 0 Å². The summed E-state index contributed by atoms with van der Waals surface area (Å²) in [6.45, 7) is 0. The van der Waals surface area contributed by atoms with Crippen LogP contribution in [0.25, 0.3) is 0 Å². The molecule has 2 nitrogen and oxygen atoms in total. The summed E-state index contributed by atoms with van der Waals surface area (Å²) in [4.78, 5) is 11.9. The van der Waals surface area contributed by atoms with Gasteiger partial charge in [-0.05, 0) is 47.7 Å². The molecule has 1 aliphatic heterocycles. The smallest absolute Gasteiger partial charge is 0.224 e. The van der Waals surface area contributed by atoms with E-state index in [1.165, 1.54) is 23.1 Å². The molecule has 3 heteroatoms. The quantitative estimate of drug-likeness (QED) is 0.601. The number of benzene rings is 2. The van der Waals surface area contributed by atoms with Crippen molar-refractivity contribution in [2.45, 2.75) is 24.2 Å². The largest absolute Gasteiger partial charge is 0.326 e. The van der Waals surface area contributed by atoms with Gasteiger partial charge in [-0.15, -0.1) is 12.6 Å². The van der Waals surface area contributed by atoms with Crippen LogP contribution in [-0.2, 0) is 17.6 Å². The van der Waals surface area contributed by atoms with Crippen LogP contribution in [0.4, 0.5) is 5.69 Å². The molecule has 2 aromatic carbocycles. The predicted octanol–water partition coefficient (Wildman–Crippen LogP) is 3.45. The molecule has 1 N–H and O–H groups in total. The van der Waals surface area contributed by atoms with Crippen molar-refractivity contribution in [3.63, 3.8) is 0 Å². The second-order valence-corrected chi connectivity index (χ2v) is 5.40. The van der Waals surface area contributed by atoms with Gasteiger partial charge in [0.25, 0.3) is 0 Å². The van der Waals surface area contributed by atoms with E-state index < -0.39 is 0 Å². The Kier molecular flexibility index (Phi) is 3.30. The Morgan fingerprint density at radius 1 is 1.00 bits per heavy atom. The van der Waals surface area contributed by atoms with Crippen molar-refractivity contribution in [2.75, 3.05) is 5.32 Å². The summed E-state index contributed by atoms with van der Waals surface area (Å²) < 4.78 is 0. The minimum atomic E-state index is 0.106. The Hall–Kier alpha value is -1.74. The van der Waals surface area contributed by atoms with Crippen LogP contribution < -0.4 is 5.32 Å². The van der Waals surface area contributed by atoms with Gasteiger partial charge < -0.3 is 5.32 Å². The van der Waals surface area contributed by atoms with E-state index in [0.717, 1.165) is 17.0 Å². The molecule has 5 rings (SSSR count). The number of anilines is 1. The first kappa shape index (κ1) is 12.3. The van der Waals surface area contributed by atoms with E-state index in [1.54, 1.807) is 0 Å². The lowest BCUT2D eigenvalue weighted by molar-refractivity contribution is -0.116. The highest BCUT2D eigenvalue weighted by Gasteiger charge is 2.13. The highest BCUT2D eigenvalue weighted by Crippen LogP contribution is 2.24. The Bertz CT molecular complexity index is 612. The Balaban J connectivity index is 0.000000132. The third-order valence-electron chi connectivity index (χ3n) is 3.38. The van der Waals surface area contributed by atoms with Crippen molar-refractivity contribution >= 4 is 24.2 Å². The molecular formula is C16H15NOS. The standard InChI is InChI=1S/C9H9NOS.C7H6/c11-9-4-1-6-5-7(12)2-3-8(6)10-9;1-2-6-4-7(3-1)5-6/h2-3,5,12H,1,4H2,(H,10,11);1-4H,5H2. The summed E-state index contributed by atoms with van der Waals surface area (Å²) in [6.07, 6.45) is 2.64. The van der Waals surface area contributed by atoms with Crippen LogP contribution >= 0.6 is 12.6 Å². The third-order valence-corrected chi connectivity index (χ3v) is 3.66. The van der Waals surface area contributed by atoms with Crippen molar-refractivity contribution in [3.05, 3.63) is 59.2 Å². The molecule has 3 aliphatic rings. The van der Waals surface area contributed by atoms with Crippen LogP contribution in [-0.4, -0.2) is 5.91 Å². The van der Waals surface area contributed by atoms with Gasteiger partial charge in [-0.25, -0.2) is 0 Å². The monoisotopic (exact) mass is 269 g/mol. The summed E-state index contributed by atoms with van der Waals surface area (Å²) in [5.74, 6) is 0.106. The van der Waals surface area contributed by atoms with E-state index in [2.05, 4.69) is 42.2 Å². The van der Waals surface area contributed by atoms with Gasteiger partial charge in [-0.2, -0.15) is 0 Å². The Labute approximate surface area is 118 Å². The summed E-state index contributed by atoms with van der Waals surface area (Å²) in [7, 11) is 0. The van der Waals surface area contributed by atoms with Crippen LogP contribution in [0.15, 0.2) is 47.4 Å². The zero-order valence-electron chi connectivity index (χ0n) is 10.5. The first-order valence-corrected chi connectivity index (χ1v) is 6.85. The van der Waals surface area contributed by atoms with Crippen LogP contribution in [0.1, 0.15) is 23.1 Å². The number of hydrogen-bond donors (Lipinski definition) is 2. The van der Waals surface area contributed by atoms with E-state index in [9.17, 15) is 4.79 Å². The van der Waals surface area contributed by atoms with Gasteiger partial charge >= 0.3 is 0 Å². The van der Waals surface area contributed by atoms with Gasteiger partial charge in [0, 0.05) is 17.0 Å². The SMILES string of the molecule is O=C1CCc2cc(S)ccc2N1.c1cc2cc(c1)C2. The molecule has 96 valence electrons. The molecule has 2 aromatic rings. The molecule has 0 unspecified atom stereocenters. The third kappa shape index (κ3) is 2.82. The maximum atomic E-state index is 11.0. The number of carbonyl (C=O) groups is 1. The van der Waals surface area contributed by atoms with Crippen LogP contribution in [0.3, 0.4) is 0 Å². The van der Waals surface area contributed by atoms with Gasteiger partial charge in [0.15, 0.2) is 0 Å². The molecule has 19 heavy (non-hydrogen) atoms. The fraction of sp³-hybridized carbons (Fsp3) is 0.188. The summed E-state index contributed by atoms with van der Waals surface area (Å²) in [5.41, 5.74) is 5.08. The lowest BCUT2D eigenvalue weighted by atomic mass is 9.94. The molecule has 1 amide bonds. The minimum absolute atomic E-state index is 0.106. The summed E-state index contributed by atoms with van der Waals surface area (Å²) >= 11 is 4.23. The molecular weight excluding hydrogens is 254 g/mol.